The van der Waals surface area contributed by atoms with Gasteiger partial charge in [-0.25, -0.2) is 9.97 Å². The first kappa shape index (κ1) is 14.4. The molecule has 4 heterocycles. The number of carbonyl (C=O) groups is 1. The summed E-state index contributed by atoms with van der Waals surface area (Å²) in [6.07, 6.45) is 3.32. The van der Waals surface area contributed by atoms with E-state index in [9.17, 15) is 4.79 Å². The molecule has 0 spiro atoms. The van der Waals surface area contributed by atoms with E-state index >= 15 is 0 Å². The fourth-order valence-electron chi connectivity index (χ4n) is 2.62. The smallest absolute Gasteiger partial charge is 0.252 e. The third kappa shape index (κ3) is 2.53. The summed E-state index contributed by atoms with van der Waals surface area (Å²) in [6.45, 7) is 1.95. The van der Waals surface area contributed by atoms with Gasteiger partial charge in [0, 0.05) is 18.0 Å². The first-order valence-corrected chi connectivity index (χ1v) is 9.03. The van der Waals surface area contributed by atoms with Gasteiger partial charge in [-0.05, 0) is 35.4 Å². The standard InChI is InChI=1S/C15H13N5OS2/c1-9-12-13(10-3-6-22-7-10)23-8-11(21)18-14(12)20(19-9)15-16-4-2-5-17-15/h2-7,13H,8H2,1H3,(H,18,21)/t13-/m1/s1. The number of aromatic nitrogens is 4. The van der Waals surface area contributed by atoms with Gasteiger partial charge in [-0.1, -0.05) is 0 Å². The third-order valence-electron chi connectivity index (χ3n) is 3.60. The van der Waals surface area contributed by atoms with E-state index in [0.29, 0.717) is 17.5 Å². The molecule has 1 aliphatic heterocycles. The number of anilines is 1. The number of hydrogen-bond donors (Lipinski definition) is 1. The van der Waals surface area contributed by atoms with Gasteiger partial charge in [-0.15, -0.1) is 11.8 Å². The number of fused-ring (bicyclic) bond motifs is 1. The van der Waals surface area contributed by atoms with Crippen LogP contribution in [0.5, 0.6) is 0 Å². The van der Waals surface area contributed by atoms with Gasteiger partial charge in [0.15, 0.2) is 0 Å². The largest absolute Gasteiger partial charge is 0.309 e. The Hall–Kier alpha value is -2.19. The van der Waals surface area contributed by atoms with Gasteiger partial charge in [0.2, 0.25) is 5.91 Å². The average Bonchev–Trinajstić information content (AvgIpc) is 3.15. The molecule has 1 amide bonds. The molecule has 0 saturated carbocycles. The molecule has 0 fully saturated rings. The van der Waals surface area contributed by atoms with E-state index in [1.807, 2.05) is 6.92 Å². The Bertz CT molecular complexity index is 844. The highest BCUT2D eigenvalue weighted by Crippen LogP contribution is 2.44. The van der Waals surface area contributed by atoms with Crippen LogP contribution in [0, 0.1) is 6.92 Å². The van der Waals surface area contributed by atoms with E-state index in [1.165, 1.54) is 5.56 Å². The molecule has 0 aliphatic carbocycles. The summed E-state index contributed by atoms with van der Waals surface area (Å²) in [6, 6.07) is 3.85. The molecular weight excluding hydrogens is 330 g/mol. The Morgan fingerprint density at radius 1 is 1.35 bits per heavy atom. The van der Waals surface area contributed by atoms with Crippen molar-refractivity contribution in [2.24, 2.45) is 0 Å². The molecule has 3 aromatic heterocycles. The quantitative estimate of drug-likeness (QED) is 0.774. The van der Waals surface area contributed by atoms with Crippen LogP contribution in [0.25, 0.3) is 5.95 Å². The van der Waals surface area contributed by atoms with E-state index in [0.717, 1.165) is 11.3 Å². The Balaban J connectivity index is 1.91. The zero-order valence-corrected chi connectivity index (χ0v) is 13.9. The number of rotatable bonds is 2. The first-order valence-electron chi connectivity index (χ1n) is 7.04. The van der Waals surface area contributed by atoms with Gasteiger partial charge in [0.25, 0.3) is 5.95 Å². The predicted octanol–water partition coefficient (Wildman–Crippen LogP) is 2.81. The maximum absolute atomic E-state index is 12.1. The highest BCUT2D eigenvalue weighted by Gasteiger charge is 2.31. The summed E-state index contributed by atoms with van der Waals surface area (Å²) >= 11 is 3.27. The van der Waals surface area contributed by atoms with Crippen LogP contribution in [0.4, 0.5) is 5.82 Å². The SMILES string of the molecule is Cc1nn(-c2ncccn2)c2c1[C@@H](c1ccsc1)SCC(=O)N2. The molecule has 6 nitrogen and oxygen atoms in total. The second kappa shape index (κ2) is 5.78. The number of carbonyl (C=O) groups excluding carboxylic acids is 1. The van der Waals surface area contributed by atoms with Crippen molar-refractivity contribution in [2.45, 2.75) is 12.2 Å². The van der Waals surface area contributed by atoms with E-state index in [1.54, 1.807) is 46.2 Å². The molecule has 4 rings (SSSR count). The van der Waals surface area contributed by atoms with Gasteiger partial charge in [-0.2, -0.15) is 21.1 Å². The normalized spacial score (nSPS) is 17.4. The fraction of sp³-hybridized carbons (Fsp3) is 0.200. The average molecular weight is 343 g/mol. The minimum Gasteiger partial charge on any atom is -0.309 e. The first-order chi connectivity index (χ1) is 11.2. The summed E-state index contributed by atoms with van der Waals surface area (Å²) in [4.78, 5) is 20.6. The lowest BCUT2D eigenvalue weighted by Gasteiger charge is -2.13. The van der Waals surface area contributed by atoms with Crippen molar-refractivity contribution < 1.29 is 4.79 Å². The summed E-state index contributed by atoms with van der Waals surface area (Å²) in [7, 11) is 0. The van der Waals surface area contributed by atoms with Crippen LogP contribution in [0.2, 0.25) is 0 Å². The molecule has 0 unspecified atom stereocenters. The summed E-state index contributed by atoms with van der Waals surface area (Å²) < 4.78 is 1.62. The summed E-state index contributed by atoms with van der Waals surface area (Å²) in [5.74, 6) is 1.49. The molecule has 3 aromatic rings. The van der Waals surface area contributed by atoms with E-state index in [2.05, 4.69) is 37.2 Å². The Labute approximate surface area is 141 Å². The molecule has 0 radical (unpaired) electrons. The molecule has 1 N–H and O–H groups in total. The minimum absolute atomic E-state index is 0.0361. The summed E-state index contributed by atoms with van der Waals surface area (Å²) in [5.41, 5.74) is 3.08. The number of amides is 1. The summed E-state index contributed by atoms with van der Waals surface area (Å²) in [5, 5.41) is 11.8. The number of aryl methyl sites for hydroxylation is 1. The monoisotopic (exact) mass is 343 g/mol. The van der Waals surface area contributed by atoms with Crippen molar-refractivity contribution in [3.8, 4) is 5.95 Å². The Morgan fingerprint density at radius 2 is 2.17 bits per heavy atom. The Morgan fingerprint density at radius 3 is 2.91 bits per heavy atom. The number of nitrogens with zero attached hydrogens (tertiary/aromatic N) is 4. The van der Waals surface area contributed by atoms with Crippen molar-refractivity contribution in [1.29, 1.82) is 0 Å². The zero-order valence-electron chi connectivity index (χ0n) is 12.3. The van der Waals surface area contributed by atoms with Gasteiger partial charge in [0.1, 0.15) is 5.82 Å². The third-order valence-corrected chi connectivity index (χ3v) is 5.57. The molecule has 8 heteroatoms. The van der Waals surface area contributed by atoms with Crippen LogP contribution in [0.1, 0.15) is 22.1 Å². The molecule has 0 saturated heterocycles. The topological polar surface area (TPSA) is 72.7 Å². The Kier molecular flexibility index (Phi) is 3.62. The van der Waals surface area contributed by atoms with Crippen molar-refractivity contribution in [1.82, 2.24) is 19.7 Å². The van der Waals surface area contributed by atoms with Crippen molar-refractivity contribution in [2.75, 3.05) is 11.1 Å². The maximum Gasteiger partial charge on any atom is 0.252 e. The lowest BCUT2D eigenvalue weighted by atomic mass is 10.1. The highest BCUT2D eigenvalue weighted by atomic mass is 32.2. The van der Waals surface area contributed by atoms with Gasteiger partial charge < -0.3 is 5.32 Å². The second-order valence-electron chi connectivity index (χ2n) is 5.10. The molecule has 1 aliphatic rings. The predicted molar refractivity (Wildman–Crippen MR) is 91.1 cm³/mol. The molecular formula is C15H13N5OS2. The van der Waals surface area contributed by atoms with Gasteiger partial charge in [-0.3, -0.25) is 4.79 Å². The lowest BCUT2D eigenvalue weighted by Crippen LogP contribution is -2.16. The lowest BCUT2D eigenvalue weighted by molar-refractivity contribution is -0.113. The number of nitrogens with one attached hydrogen (secondary N) is 1. The zero-order chi connectivity index (χ0) is 15.8. The van der Waals surface area contributed by atoms with Crippen LogP contribution in [0.3, 0.4) is 0 Å². The van der Waals surface area contributed by atoms with Crippen molar-refractivity contribution in [3.63, 3.8) is 0 Å². The maximum atomic E-state index is 12.1. The second-order valence-corrected chi connectivity index (χ2v) is 6.98. The molecule has 0 bridgehead atoms. The highest BCUT2D eigenvalue weighted by molar-refractivity contribution is 8.00. The number of hydrogen-bond acceptors (Lipinski definition) is 6. The van der Waals surface area contributed by atoms with Gasteiger partial charge in [0.05, 0.1) is 16.7 Å². The van der Waals surface area contributed by atoms with Crippen LogP contribution in [-0.2, 0) is 4.79 Å². The van der Waals surface area contributed by atoms with Crippen LogP contribution < -0.4 is 5.32 Å². The van der Waals surface area contributed by atoms with E-state index in [-0.39, 0.29) is 11.2 Å². The number of thiophene rings is 1. The number of thioether (sulfide) groups is 1. The molecule has 0 aromatic carbocycles. The fourth-order valence-corrected chi connectivity index (χ4v) is 4.57. The van der Waals surface area contributed by atoms with E-state index in [4.69, 9.17) is 0 Å². The minimum atomic E-state index is -0.0361. The van der Waals surface area contributed by atoms with Crippen LogP contribution in [-0.4, -0.2) is 31.4 Å². The van der Waals surface area contributed by atoms with Gasteiger partial charge >= 0.3 is 0 Å². The van der Waals surface area contributed by atoms with Crippen LogP contribution in [0.15, 0.2) is 35.3 Å². The molecule has 23 heavy (non-hydrogen) atoms. The van der Waals surface area contributed by atoms with E-state index < -0.39 is 0 Å². The van der Waals surface area contributed by atoms with Crippen molar-refractivity contribution >= 4 is 34.8 Å². The molecule has 116 valence electrons. The molecule has 1 atom stereocenters. The van der Waals surface area contributed by atoms with Crippen LogP contribution >= 0.6 is 23.1 Å². The van der Waals surface area contributed by atoms with Crippen molar-refractivity contribution in [3.05, 3.63) is 52.1 Å².